The molecule has 0 bridgehead atoms. The van der Waals surface area contributed by atoms with Crippen LogP contribution >= 0.6 is 0 Å². The van der Waals surface area contributed by atoms with Crippen LogP contribution < -0.4 is 10.2 Å². The molecule has 1 N–H and O–H groups in total. The van der Waals surface area contributed by atoms with E-state index in [-0.39, 0.29) is 5.91 Å². The lowest BCUT2D eigenvalue weighted by molar-refractivity contribution is -0.120. The number of benzene rings is 2. The Labute approximate surface area is 147 Å². The molecule has 0 atom stereocenters. The minimum Gasteiger partial charge on any atom is -0.363 e. The fraction of sp³-hybridized carbons (Fsp3) is 0.250. The Morgan fingerprint density at radius 3 is 2.64 bits per heavy atom. The lowest BCUT2D eigenvalue weighted by Crippen LogP contribution is -2.26. The number of carbonyl (C=O) groups excluding carboxylic acids is 1. The van der Waals surface area contributed by atoms with Crippen molar-refractivity contribution >= 4 is 22.5 Å². The van der Waals surface area contributed by atoms with Gasteiger partial charge in [0, 0.05) is 25.9 Å². The molecule has 0 aliphatic heterocycles. The van der Waals surface area contributed by atoms with E-state index in [0.29, 0.717) is 18.8 Å². The highest BCUT2D eigenvalue weighted by Crippen LogP contribution is 2.18. The predicted molar refractivity (Wildman–Crippen MR) is 101 cm³/mol. The molecule has 1 amide bonds. The maximum Gasteiger partial charge on any atom is 0.224 e. The molecule has 3 aromatic rings. The zero-order valence-corrected chi connectivity index (χ0v) is 14.8. The molecular formula is C20H22N4O. The number of hydrogen-bond donors (Lipinski definition) is 1. The number of carbonyl (C=O) groups is 1. The second-order valence-electron chi connectivity index (χ2n) is 6.27. The number of aryl methyl sites for hydroxylation is 1. The first-order valence-electron chi connectivity index (χ1n) is 8.28. The summed E-state index contributed by atoms with van der Waals surface area (Å²) in [6, 6.07) is 16.1. The van der Waals surface area contributed by atoms with Crippen molar-refractivity contribution in [2.24, 2.45) is 0 Å². The number of amides is 1. The van der Waals surface area contributed by atoms with Gasteiger partial charge in [-0.25, -0.2) is 9.97 Å². The van der Waals surface area contributed by atoms with Gasteiger partial charge in [0.05, 0.1) is 13.0 Å². The zero-order chi connectivity index (χ0) is 17.8. The second-order valence-corrected chi connectivity index (χ2v) is 6.27. The minimum absolute atomic E-state index is 0.0344. The molecule has 0 unspecified atom stereocenters. The summed E-state index contributed by atoms with van der Waals surface area (Å²) >= 11 is 0. The molecule has 128 valence electrons. The van der Waals surface area contributed by atoms with E-state index in [1.54, 1.807) is 0 Å². The van der Waals surface area contributed by atoms with Gasteiger partial charge in [0.15, 0.2) is 0 Å². The molecule has 0 aliphatic carbocycles. The molecule has 0 spiro atoms. The van der Waals surface area contributed by atoms with Crippen molar-refractivity contribution < 1.29 is 4.79 Å². The SMILES string of the molecule is Cc1cc(N(C)C)nc(CNC(=O)Cc2cccc3ccccc23)n1. The molecule has 0 saturated carbocycles. The van der Waals surface area contributed by atoms with Crippen LogP contribution in [0.5, 0.6) is 0 Å². The highest BCUT2D eigenvalue weighted by molar-refractivity contribution is 5.90. The van der Waals surface area contributed by atoms with E-state index in [0.717, 1.165) is 27.8 Å². The summed E-state index contributed by atoms with van der Waals surface area (Å²) in [7, 11) is 3.87. The monoisotopic (exact) mass is 334 g/mol. The lowest BCUT2D eigenvalue weighted by atomic mass is 10.0. The van der Waals surface area contributed by atoms with Gasteiger partial charge in [-0.1, -0.05) is 42.5 Å². The standard InChI is InChI=1S/C20H22N4O/c1-14-11-19(24(2)3)23-18(22-14)13-21-20(25)12-16-9-6-8-15-7-4-5-10-17(15)16/h4-11H,12-13H2,1-3H3,(H,21,25). The Bertz CT molecular complexity index is 900. The van der Waals surface area contributed by atoms with Crippen molar-refractivity contribution in [3.8, 4) is 0 Å². The highest BCUT2D eigenvalue weighted by atomic mass is 16.1. The van der Waals surface area contributed by atoms with Gasteiger partial charge in [-0.2, -0.15) is 0 Å². The van der Waals surface area contributed by atoms with Crippen LogP contribution in [0.1, 0.15) is 17.1 Å². The smallest absolute Gasteiger partial charge is 0.224 e. The Hall–Kier alpha value is -2.95. The van der Waals surface area contributed by atoms with Crippen LogP contribution in [0.15, 0.2) is 48.5 Å². The number of hydrogen-bond acceptors (Lipinski definition) is 4. The zero-order valence-electron chi connectivity index (χ0n) is 14.8. The first-order valence-corrected chi connectivity index (χ1v) is 8.28. The largest absolute Gasteiger partial charge is 0.363 e. The topological polar surface area (TPSA) is 58.1 Å². The lowest BCUT2D eigenvalue weighted by Gasteiger charge is -2.13. The molecule has 1 heterocycles. The number of fused-ring (bicyclic) bond motifs is 1. The van der Waals surface area contributed by atoms with Gasteiger partial charge >= 0.3 is 0 Å². The van der Waals surface area contributed by atoms with Crippen molar-refractivity contribution in [2.75, 3.05) is 19.0 Å². The van der Waals surface area contributed by atoms with Crippen LogP contribution in [0.4, 0.5) is 5.82 Å². The van der Waals surface area contributed by atoms with Crippen LogP contribution in [-0.2, 0) is 17.8 Å². The van der Waals surface area contributed by atoms with Gasteiger partial charge in [0.2, 0.25) is 5.91 Å². The van der Waals surface area contributed by atoms with Crippen molar-refractivity contribution in [1.29, 1.82) is 0 Å². The van der Waals surface area contributed by atoms with E-state index in [1.807, 2.05) is 62.3 Å². The van der Waals surface area contributed by atoms with Gasteiger partial charge < -0.3 is 10.2 Å². The molecule has 2 aromatic carbocycles. The third-order valence-electron chi connectivity index (χ3n) is 4.02. The molecule has 1 aromatic heterocycles. The predicted octanol–water partition coefficient (Wildman–Crippen LogP) is 2.86. The van der Waals surface area contributed by atoms with Crippen LogP contribution in [0.3, 0.4) is 0 Å². The third-order valence-corrected chi connectivity index (χ3v) is 4.02. The minimum atomic E-state index is -0.0344. The average molecular weight is 334 g/mol. The number of rotatable bonds is 5. The van der Waals surface area contributed by atoms with Crippen LogP contribution in [-0.4, -0.2) is 30.0 Å². The van der Waals surface area contributed by atoms with Gasteiger partial charge in [-0.05, 0) is 23.3 Å². The highest BCUT2D eigenvalue weighted by Gasteiger charge is 2.09. The molecular weight excluding hydrogens is 312 g/mol. The second kappa shape index (κ2) is 7.30. The van der Waals surface area contributed by atoms with E-state index in [4.69, 9.17) is 0 Å². The fourth-order valence-electron chi connectivity index (χ4n) is 2.78. The average Bonchev–Trinajstić information content (AvgIpc) is 2.60. The van der Waals surface area contributed by atoms with E-state index in [1.165, 1.54) is 0 Å². The van der Waals surface area contributed by atoms with Gasteiger partial charge in [-0.15, -0.1) is 0 Å². The van der Waals surface area contributed by atoms with Gasteiger partial charge in [-0.3, -0.25) is 4.79 Å². The molecule has 0 saturated heterocycles. The Kier molecular flexibility index (Phi) is 4.93. The number of nitrogens with one attached hydrogen (secondary N) is 1. The molecule has 0 radical (unpaired) electrons. The third kappa shape index (κ3) is 4.12. The number of aromatic nitrogens is 2. The van der Waals surface area contributed by atoms with Gasteiger partial charge in [0.25, 0.3) is 0 Å². The first-order chi connectivity index (χ1) is 12.0. The summed E-state index contributed by atoms with van der Waals surface area (Å²) in [6.45, 7) is 2.25. The van der Waals surface area contributed by atoms with E-state index >= 15 is 0 Å². The van der Waals surface area contributed by atoms with Crippen molar-refractivity contribution in [2.45, 2.75) is 19.9 Å². The molecule has 3 rings (SSSR count). The van der Waals surface area contributed by atoms with Crippen molar-refractivity contribution in [1.82, 2.24) is 15.3 Å². The molecule has 5 heteroatoms. The van der Waals surface area contributed by atoms with E-state index in [9.17, 15) is 4.79 Å². The first kappa shape index (κ1) is 16.9. The summed E-state index contributed by atoms with van der Waals surface area (Å²) in [4.78, 5) is 23.1. The maximum atomic E-state index is 12.4. The Morgan fingerprint density at radius 1 is 1.08 bits per heavy atom. The maximum absolute atomic E-state index is 12.4. The molecule has 0 aliphatic rings. The van der Waals surface area contributed by atoms with Crippen LogP contribution in [0.2, 0.25) is 0 Å². The van der Waals surface area contributed by atoms with E-state index in [2.05, 4.69) is 27.4 Å². The summed E-state index contributed by atoms with van der Waals surface area (Å²) in [6.07, 6.45) is 0.341. The number of anilines is 1. The molecule has 25 heavy (non-hydrogen) atoms. The van der Waals surface area contributed by atoms with Gasteiger partial charge in [0.1, 0.15) is 11.6 Å². The summed E-state index contributed by atoms with van der Waals surface area (Å²) in [5.41, 5.74) is 1.91. The fourth-order valence-corrected chi connectivity index (χ4v) is 2.78. The summed E-state index contributed by atoms with van der Waals surface area (Å²) in [5, 5.41) is 5.18. The van der Waals surface area contributed by atoms with Crippen molar-refractivity contribution in [3.05, 3.63) is 65.6 Å². The normalized spacial score (nSPS) is 10.7. The van der Waals surface area contributed by atoms with Crippen molar-refractivity contribution in [3.63, 3.8) is 0 Å². The number of nitrogens with zero attached hydrogens (tertiary/aromatic N) is 3. The quantitative estimate of drug-likeness (QED) is 0.779. The molecule has 0 fully saturated rings. The van der Waals surface area contributed by atoms with Crippen LogP contribution in [0, 0.1) is 6.92 Å². The van der Waals surface area contributed by atoms with E-state index < -0.39 is 0 Å². The molecule has 5 nitrogen and oxygen atoms in total. The Morgan fingerprint density at radius 2 is 1.84 bits per heavy atom. The van der Waals surface area contributed by atoms with Crippen LogP contribution in [0.25, 0.3) is 10.8 Å². The summed E-state index contributed by atoms with van der Waals surface area (Å²) < 4.78 is 0. The summed E-state index contributed by atoms with van der Waals surface area (Å²) in [5.74, 6) is 1.42. The Balaban J connectivity index is 1.69.